The molecule has 0 aliphatic heterocycles. The number of thioether (sulfide) groups is 1. The molecule has 0 radical (unpaired) electrons. The molecule has 3 aromatic rings. The molecule has 25 heavy (non-hydrogen) atoms. The lowest BCUT2D eigenvalue weighted by atomic mass is 10.0. The Hall–Kier alpha value is -2.04. The zero-order valence-corrected chi connectivity index (χ0v) is 14.9. The summed E-state index contributed by atoms with van der Waals surface area (Å²) in [4.78, 5) is 12.6. The lowest BCUT2D eigenvalue weighted by molar-refractivity contribution is 0.0982. The van der Waals surface area contributed by atoms with Crippen molar-refractivity contribution in [3.05, 3.63) is 94.7 Å². The molecule has 0 saturated carbocycles. The third-order valence-corrected chi connectivity index (χ3v) is 5.33. The van der Waals surface area contributed by atoms with Gasteiger partial charge in [-0.25, -0.2) is 4.39 Å². The molecule has 0 fully saturated rings. The SMILES string of the molecule is O=C(C[C@H](SCc1ccco1)c1ccc(F)cc1)c1ccc(Cl)cc1. The summed E-state index contributed by atoms with van der Waals surface area (Å²) in [5.74, 6) is 1.22. The van der Waals surface area contributed by atoms with Gasteiger partial charge in [0.2, 0.25) is 0 Å². The molecule has 0 N–H and O–H groups in total. The molecule has 3 rings (SSSR count). The highest BCUT2D eigenvalue weighted by atomic mass is 35.5. The predicted molar refractivity (Wildman–Crippen MR) is 99.5 cm³/mol. The van der Waals surface area contributed by atoms with Crippen molar-refractivity contribution in [1.82, 2.24) is 0 Å². The summed E-state index contributed by atoms with van der Waals surface area (Å²) in [6.07, 6.45) is 1.94. The first-order chi connectivity index (χ1) is 12.1. The van der Waals surface area contributed by atoms with Crippen LogP contribution in [-0.2, 0) is 5.75 Å². The summed E-state index contributed by atoms with van der Waals surface area (Å²) >= 11 is 7.48. The fraction of sp³-hybridized carbons (Fsp3) is 0.150. The Labute approximate surface area is 155 Å². The number of ketones is 1. The molecule has 0 spiro atoms. The summed E-state index contributed by atoms with van der Waals surface area (Å²) in [5, 5.41) is 0.507. The molecule has 0 bridgehead atoms. The summed E-state index contributed by atoms with van der Waals surface area (Å²) in [5.41, 5.74) is 1.54. The summed E-state index contributed by atoms with van der Waals surface area (Å²) in [7, 11) is 0. The van der Waals surface area contributed by atoms with E-state index in [0.717, 1.165) is 11.3 Å². The number of hydrogen-bond donors (Lipinski definition) is 0. The molecule has 0 amide bonds. The van der Waals surface area contributed by atoms with E-state index < -0.39 is 0 Å². The third kappa shape index (κ3) is 4.97. The standard InChI is InChI=1S/C20H16ClFO2S/c21-16-7-3-14(4-8-16)19(23)12-20(15-5-9-17(22)10-6-15)25-13-18-2-1-11-24-18/h1-11,20H,12-13H2/t20-/m0/s1. The quantitative estimate of drug-likeness (QED) is 0.453. The highest BCUT2D eigenvalue weighted by Crippen LogP contribution is 2.35. The van der Waals surface area contributed by atoms with Gasteiger partial charge >= 0.3 is 0 Å². The van der Waals surface area contributed by atoms with Crippen molar-refractivity contribution in [1.29, 1.82) is 0 Å². The second-order valence-corrected chi connectivity index (χ2v) is 7.19. The average molecular weight is 375 g/mol. The van der Waals surface area contributed by atoms with E-state index >= 15 is 0 Å². The summed E-state index contributed by atoms with van der Waals surface area (Å²) in [6, 6.07) is 16.9. The maximum atomic E-state index is 13.2. The van der Waals surface area contributed by atoms with Crippen LogP contribution in [0.25, 0.3) is 0 Å². The molecule has 0 aliphatic rings. The van der Waals surface area contributed by atoms with Gasteiger partial charge in [0.05, 0.1) is 12.0 Å². The molecule has 1 atom stereocenters. The number of carbonyl (C=O) groups excluding carboxylic acids is 1. The first-order valence-corrected chi connectivity index (χ1v) is 9.23. The largest absolute Gasteiger partial charge is 0.468 e. The van der Waals surface area contributed by atoms with E-state index in [9.17, 15) is 9.18 Å². The van der Waals surface area contributed by atoms with Crippen molar-refractivity contribution < 1.29 is 13.6 Å². The molecule has 5 heteroatoms. The fourth-order valence-corrected chi connectivity index (χ4v) is 3.72. The number of benzene rings is 2. The van der Waals surface area contributed by atoms with E-state index in [-0.39, 0.29) is 16.9 Å². The van der Waals surface area contributed by atoms with Crippen molar-refractivity contribution in [2.75, 3.05) is 0 Å². The van der Waals surface area contributed by atoms with Crippen LogP contribution in [0.15, 0.2) is 71.3 Å². The number of furan rings is 1. The van der Waals surface area contributed by atoms with Gasteiger partial charge in [0.25, 0.3) is 0 Å². The smallest absolute Gasteiger partial charge is 0.164 e. The zero-order valence-electron chi connectivity index (χ0n) is 13.3. The number of carbonyl (C=O) groups is 1. The maximum absolute atomic E-state index is 13.2. The lowest BCUT2D eigenvalue weighted by Crippen LogP contribution is -2.06. The molecule has 2 nitrogen and oxygen atoms in total. The average Bonchev–Trinajstić information content (AvgIpc) is 3.13. The van der Waals surface area contributed by atoms with Gasteiger partial charge in [0.15, 0.2) is 5.78 Å². The van der Waals surface area contributed by atoms with E-state index in [2.05, 4.69) is 0 Å². The van der Waals surface area contributed by atoms with Crippen LogP contribution in [0.4, 0.5) is 4.39 Å². The van der Waals surface area contributed by atoms with Crippen molar-refractivity contribution in [3.8, 4) is 0 Å². The highest BCUT2D eigenvalue weighted by molar-refractivity contribution is 7.98. The Morgan fingerprint density at radius 2 is 1.80 bits per heavy atom. The topological polar surface area (TPSA) is 30.2 Å². The summed E-state index contributed by atoms with van der Waals surface area (Å²) in [6.45, 7) is 0. The Morgan fingerprint density at radius 3 is 2.44 bits per heavy atom. The molecular weight excluding hydrogens is 359 g/mol. The van der Waals surface area contributed by atoms with E-state index in [1.54, 1.807) is 54.4 Å². The molecule has 1 heterocycles. The molecular formula is C20H16ClFO2S. The Morgan fingerprint density at radius 1 is 1.08 bits per heavy atom. The zero-order chi connectivity index (χ0) is 17.6. The van der Waals surface area contributed by atoms with Gasteiger partial charge in [-0.05, 0) is 54.1 Å². The number of rotatable bonds is 7. The van der Waals surface area contributed by atoms with E-state index in [1.807, 2.05) is 12.1 Å². The molecule has 0 aliphatic carbocycles. The van der Waals surface area contributed by atoms with E-state index in [1.165, 1.54) is 12.1 Å². The van der Waals surface area contributed by atoms with Crippen molar-refractivity contribution in [3.63, 3.8) is 0 Å². The van der Waals surface area contributed by atoms with E-state index in [0.29, 0.717) is 22.8 Å². The number of hydrogen-bond acceptors (Lipinski definition) is 3. The Kier molecular flexibility index (Phi) is 5.95. The second kappa shape index (κ2) is 8.37. The number of halogens is 2. The molecule has 1 aromatic heterocycles. The summed E-state index contributed by atoms with van der Waals surface area (Å²) < 4.78 is 18.6. The minimum absolute atomic E-state index is 0.0259. The van der Waals surface area contributed by atoms with Gasteiger partial charge in [-0.2, -0.15) is 0 Å². The first-order valence-electron chi connectivity index (χ1n) is 7.80. The Balaban J connectivity index is 1.76. The van der Waals surface area contributed by atoms with Crippen LogP contribution in [0.5, 0.6) is 0 Å². The molecule has 2 aromatic carbocycles. The van der Waals surface area contributed by atoms with Gasteiger partial charge in [-0.1, -0.05) is 23.7 Å². The van der Waals surface area contributed by atoms with Crippen LogP contribution in [0.3, 0.4) is 0 Å². The molecule has 0 unspecified atom stereocenters. The molecule has 0 saturated heterocycles. The highest BCUT2D eigenvalue weighted by Gasteiger charge is 2.18. The van der Waals surface area contributed by atoms with Crippen LogP contribution in [0.1, 0.15) is 33.4 Å². The second-order valence-electron chi connectivity index (χ2n) is 5.56. The normalized spacial score (nSPS) is 12.1. The minimum Gasteiger partial charge on any atom is -0.468 e. The maximum Gasteiger partial charge on any atom is 0.164 e. The predicted octanol–water partition coefficient (Wildman–Crippen LogP) is 6.32. The Bertz CT molecular complexity index is 814. The van der Waals surface area contributed by atoms with Crippen LogP contribution in [0.2, 0.25) is 5.02 Å². The van der Waals surface area contributed by atoms with Gasteiger partial charge in [0, 0.05) is 22.3 Å². The van der Waals surface area contributed by atoms with Crippen LogP contribution >= 0.6 is 23.4 Å². The van der Waals surface area contributed by atoms with Gasteiger partial charge < -0.3 is 4.42 Å². The van der Waals surface area contributed by atoms with E-state index in [4.69, 9.17) is 16.0 Å². The first kappa shape index (κ1) is 17.8. The monoisotopic (exact) mass is 374 g/mol. The molecule has 128 valence electrons. The van der Waals surface area contributed by atoms with Crippen LogP contribution in [0, 0.1) is 5.82 Å². The van der Waals surface area contributed by atoms with Crippen molar-refractivity contribution in [2.24, 2.45) is 0 Å². The van der Waals surface area contributed by atoms with Crippen LogP contribution in [-0.4, -0.2) is 5.78 Å². The minimum atomic E-state index is -0.289. The lowest BCUT2D eigenvalue weighted by Gasteiger charge is -2.16. The van der Waals surface area contributed by atoms with Crippen molar-refractivity contribution in [2.45, 2.75) is 17.4 Å². The number of Topliss-reactive ketones (excluding diaryl/α,β-unsaturated/α-hetero) is 1. The van der Waals surface area contributed by atoms with Gasteiger partial charge in [-0.15, -0.1) is 11.8 Å². The fourth-order valence-electron chi connectivity index (χ4n) is 2.45. The van der Waals surface area contributed by atoms with Crippen molar-refractivity contribution >= 4 is 29.1 Å². The van der Waals surface area contributed by atoms with Crippen LogP contribution < -0.4 is 0 Å². The van der Waals surface area contributed by atoms with Gasteiger partial charge in [0.1, 0.15) is 11.6 Å². The third-order valence-electron chi connectivity index (χ3n) is 3.79. The van der Waals surface area contributed by atoms with Gasteiger partial charge in [-0.3, -0.25) is 4.79 Å².